The normalized spacial score (nSPS) is 14.2. The highest BCUT2D eigenvalue weighted by Crippen LogP contribution is 2.56. The maximum Gasteiger partial charge on any atom is 0.306 e. The molecule has 6 nitrogen and oxygen atoms in total. The van der Waals surface area contributed by atoms with Crippen molar-refractivity contribution in [1.29, 1.82) is 0 Å². The summed E-state index contributed by atoms with van der Waals surface area (Å²) in [6.07, 6.45) is 9.35. The summed E-state index contributed by atoms with van der Waals surface area (Å²) in [5.41, 5.74) is 6.46. The second kappa shape index (κ2) is 10.7. The molecule has 0 unspecified atom stereocenters. The summed E-state index contributed by atoms with van der Waals surface area (Å²) >= 11 is 0. The van der Waals surface area contributed by atoms with Gasteiger partial charge in [-0.05, 0) is 71.5 Å². The molecule has 0 heterocycles. The number of fused-ring (bicyclic) bond motifs is 3. The molecule has 0 bridgehead atoms. The van der Waals surface area contributed by atoms with Crippen LogP contribution in [-0.2, 0) is 25.7 Å². The lowest BCUT2D eigenvalue weighted by Crippen LogP contribution is -2.29. The van der Waals surface area contributed by atoms with E-state index in [0.717, 1.165) is 45.9 Å². The third kappa shape index (κ3) is 5.33. The van der Waals surface area contributed by atoms with Crippen LogP contribution in [0.5, 0.6) is 11.5 Å². The first kappa shape index (κ1) is 28.4. The van der Waals surface area contributed by atoms with Crippen molar-refractivity contribution in [1.82, 2.24) is 0 Å². The summed E-state index contributed by atoms with van der Waals surface area (Å²) in [6, 6.07) is 27.5. The molecule has 0 N–H and O–H groups in total. The van der Waals surface area contributed by atoms with Crippen LogP contribution >= 0.6 is 0 Å². The third-order valence-electron chi connectivity index (χ3n) is 7.01. The lowest BCUT2D eigenvalue weighted by atomic mass is 9.67. The van der Waals surface area contributed by atoms with E-state index in [1.165, 1.54) is 0 Å². The predicted molar refractivity (Wildman–Crippen MR) is 164 cm³/mol. The molecule has 0 spiro atoms. The van der Waals surface area contributed by atoms with Gasteiger partial charge in [-0.1, -0.05) is 85.0 Å². The molecule has 0 amide bonds. The van der Waals surface area contributed by atoms with Crippen LogP contribution in [0, 0.1) is 0 Å². The number of allylic oxidation sites excluding steroid dienone is 2. The van der Waals surface area contributed by atoms with Gasteiger partial charge in [0, 0.05) is 11.1 Å². The van der Waals surface area contributed by atoms with Crippen molar-refractivity contribution < 1.29 is 25.2 Å². The summed E-state index contributed by atoms with van der Waals surface area (Å²) in [6.45, 7) is 3.72. The van der Waals surface area contributed by atoms with Gasteiger partial charge in [0.25, 0.3) is 0 Å². The van der Waals surface area contributed by atoms with E-state index in [4.69, 9.17) is 8.37 Å². The molecule has 1 aliphatic carbocycles. The Morgan fingerprint density at radius 3 is 1.34 bits per heavy atom. The second-order valence-electron chi connectivity index (χ2n) is 9.92. The molecule has 0 fully saturated rings. The Balaban J connectivity index is 1.89. The quantitative estimate of drug-likeness (QED) is 0.186. The lowest BCUT2D eigenvalue weighted by Gasteiger charge is -2.34. The molecular weight excluding hydrogens is 556 g/mol. The van der Waals surface area contributed by atoms with Crippen molar-refractivity contribution in [3.05, 3.63) is 130 Å². The first-order valence-electron chi connectivity index (χ1n) is 13.0. The molecule has 5 rings (SSSR count). The van der Waals surface area contributed by atoms with E-state index in [0.29, 0.717) is 11.1 Å². The fourth-order valence-electron chi connectivity index (χ4n) is 5.68. The Bertz CT molecular complexity index is 1780. The predicted octanol–water partition coefficient (Wildman–Crippen LogP) is 6.79. The minimum absolute atomic E-state index is 0.232. The standard InChI is InChI=1S/C33H30O6S2/c1-5-11-23-21-25(17-19-31(23)38-40(3,34)35)33(26-18-20-32(39-41(4,36)37)24(22-26)12-6-2)29-15-9-7-13-27(29)28-14-8-10-16-30(28)33/h5-22H,1-4H3. The molecule has 210 valence electrons. The number of rotatable bonds is 8. The molecule has 4 aromatic carbocycles. The lowest BCUT2D eigenvalue weighted by molar-refractivity contribution is 0.490. The van der Waals surface area contributed by atoms with Gasteiger partial charge >= 0.3 is 20.2 Å². The average molecular weight is 587 g/mol. The minimum Gasteiger partial charge on any atom is -0.382 e. The van der Waals surface area contributed by atoms with E-state index in [-0.39, 0.29) is 11.5 Å². The summed E-state index contributed by atoms with van der Waals surface area (Å²) < 4.78 is 58.8. The van der Waals surface area contributed by atoms with Gasteiger partial charge in [0.15, 0.2) is 0 Å². The van der Waals surface area contributed by atoms with Gasteiger partial charge in [0.2, 0.25) is 0 Å². The summed E-state index contributed by atoms with van der Waals surface area (Å²) in [5, 5.41) is 0. The maximum absolute atomic E-state index is 12.0. The molecule has 0 saturated heterocycles. The Hall–Kier alpha value is -4.14. The fraction of sp³-hybridized carbons (Fsp3) is 0.152. The van der Waals surface area contributed by atoms with Crippen molar-refractivity contribution in [2.24, 2.45) is 0 Å². The van der Waals surface area contributed by atoms with Crippen LogP contribution in [0.2, 0.25) is 0 Å². The zero-order chi connectivity index (χ0) is 29.4. The highest BCUT2D eigenvalue weighted by molar-refractivity contribution is 7.86. The van der Waals surface area contributed by atoms with Crippen LogP contribution in [0.3, 0.4) is 0 Å². The SMILES string of the molecule is CC=Cc1cc(C2(c3ccc(OS(C)(=O)=O)c(C=CC)c3)c3ccccc3-c3ccccc32)ccc1OS(C)(=O)=O. The zero-order valence-corrected chi connectivity index (χ0v) is 24.8. The Labute approximate surface area is 241 Å². The van der Waals surface area contributed by atoms with Crippen LogP contribution in [0.15, 0.2) is 97.1 Å². The average Bonchev–Trinajstić information content (AvgIpc) is 3.21. The van der Waals surface area contributed by atoms with E-state index in [2.05, 4.69) is 24.3 Å². The number of benzene rings is 4. The molecule has 4 aromatic rings. The first-order valence-corrected chi connectivity index (χ1v) is 16.6. The molecule has 0 aliphatic heterocycles. The number of hydrogen-bond donors (Lipinski definition) is 0. The second-order valence-corrected chi connectivity index (χ2v) is 13.1. The van der Waals surface area contributed by atoms with Crippen LogP contribution in [0.1, 0.15) is 47.2 Å². The summed E-state index contributed by atoms with van der Waals surface area (Å²) in [5.74, 6) is 0.464. The van der Waals surface area contributed by atoms with Crippen LogP contribution in [0.4, 0.5) is 0 Å². The van der Waals surface area contributed by atoms with Gasteiger partial charge in [0.05, 0.1) is 17.9 Å². The topological polar surface area (TPSA) is 86.7 Å². The molecule has 8 heteroatoms. The van der Waals surface area contributed by atoms with Gasteiger partial charge in [-0.25, -0.2) is 0 Å². The monoisotopic (exact) mass is 586 g/mol. The highest BCUT2D eigenvalue weighted by atomic mass is 32.2. The minimum atomic E-state index is -3.75. The molecule has 0 radical (unpaired) electrons. The van der Waals surface area contributed by atoms with E-state index in [9.17, 15) is 16.8 Å². The fourth-order valence-corrected chi connectivity index (χ4v) is 6.64. The Morgan fingerprint density at radius 2 is 0.976 bits per heavy atom. The molecule has 0 aromatic heterocycles. The van der Waals surface area contributed by atoms with E-state index >= 15 is 0 Å². The first-order chi connectivity index (χ1) is 19.5. The number of hydrogen-bond acceptors (Lipinski definition) is 6. The van der Waals surface area contributed by atoms with Crippen LogP contribution in [-0.4, -0.2) is 29.3 Å². The van der Waals surface area contributed by atoms with Gasteiger partial charge in [-0.3, -0.25) is 0 Å². The van der Waals surface area contributed by atoms with E-state index in [1.54, 1.807) is 12.1 Å². The van der Waals surface area contributed by atoms with Gasteiger partial charge < -0.3 is 8.37 Å². The molecule has 41 heavy (non-hydrogen) atoms. The Morgan fingerprint density at radius 1 is 0.585 bits per heavy atom. The van der Waals surface area contributed by atoms with Crippen molar-refractivity contribution in [3.63, 3.8) is 0 Å². The van der Waals surface area contributed by atoms with E-state index < -0.39 is 25.7 Å². The molecule has 0 atom stereocenters. The molecular formula is C33H30O6S2. The largest absolute Gasteiger partial charge is 0.382 e. The smallest absolute Gasteiger partial charge is 0.306 e. The van der Waals surface area contributed by atoms with Crippen LogP contribution in [0.25, 0.3) is 23.3 Å². The Kier molecular flexibility index (Phi) is 7.40. The van der Waals surface area contributed by atoms with Crippen LogP contribution < -0.4 is 8.37 Å². The van der Waals surface area contributed by atoms with Gasteiger partial charge in [0.1, 0.15) is 11.5 Å². The van der Waals surface area contributed by atoms with Crippen molar-refractivity contribution in [2.75, 3.05) is 12.5 Å². The van der Waals surface area contributed by atoms with E-state index in [1.807, 2.05) is 86.7 Å². The van der Waals surface area contributed by atoms with Gasteiger partial charge in [-0.2, -0.15) is 16.8 Å². The molecule has 1 aliphatic rings. The van der Waals surface area contributed by atoms with Crippen molar-refractivity contribution in [2.45, 2.75) is 19.3 Å². The van der Waals surface area contributed by atoms with Crippen molar-refractivity contribution >= 4 is 32.4 Å². The highest BCUT2D eigenvalue weighted by Gasteiger charge is 2.46. The van der Waals surface area contributed by atoms with Crippen molar-refractivity contribution in [3.8, 4) is 22.6 Å². The summed E-state index contributed by atoms with van der Waals surface area (Å²) in [7, 11) is -7.50. The zero-order valence-electron chi connectivity index (χ0n) is 23.2. The molecule has 0 saturated carbocycles. The summed E-state index contributed by atoms with van der Waals surface area (Å²) in [4.78, 5) is 0. The third-order valence-corrected chi connectivity index (χ3v) is 7.98. The maximum atomic E-state index is 12.0. The van der Waals surface area contributed by atoms with Gasteiger partial charge in [-0.15, -0.1) is 0 Å².